The minimum atomic E-state index is 0.0511. The maximum Gasteiger partial charge on any atom is 0.214 e. The van der Waals surface area contributed by atoms with E-state index < -0.39 is 0 Å². The van der Waals surface area contributed by atoms with Gasteiger partial charge in [-0.05, 0) is 24.6 Å². The molecule has 4 rings (SSSR count). The topological polar surface area (TPSA) is 45.9 Å². The maximum atomic E-state index is 5.38. The third-order valence-electron chi connectivity index (χ3n) is 5.51. The summed E-state index contributed by atoms with van der Waals surface area (Å²) < 4.78 is 7.31. The molecule has 0 N–H and O–H groups in total. The van der Waals surface area contributed by atoms with E-state index in [1.54, 1.807) is 18.4 Å². The lowest BCUT2D eigenvalue weighted by Gasteiger charge is -2.38. The molecule has 28 heavy (non-hydrogen) atoms. The third kappa shape index (κ3) is 3.73. The first-order valence-corrected chi connectivity index (χ1v) is 10.7. The Morgan fingerprint density at radius 3 is 2.54 bits per heavy atom. The molecule has 1 unspecified atom stereocenters. The molecule has 3 heterocycles. The molecule has 0 bridgehead atoms. The van der Waals surface area contributed by atoms with Gasteiger partial charge < -0.3 is 9.64 Å². The van der Waals surface area contributed by atoms with E-state index >= 15 is 0 Å². The summed E-state index contributed by atoms with van der Waals surface area (Å²) in [7, 11) is 1.72. The highest BCUT2D eigenvalue weighted by Gasteiger charge is 2.25. The number of piperazine rings is 1. The molecule has 0 radical (unpaired) electrons. The molecule has 6 nitrogen and oxygen atoms in total. The van der Waals surface area contributed by atoms with Crippen molar-refractivity contribution >= 4 is 21.4 Å². The van der Waals surface area contributed by atoms with Gasteiger partial charge in [0.2, 0.25) is 10.1 Å². The molecule has 3 aromatic rings. The van der Waals surface area contributed by atoms with Crippen LogP contribution in [-0.2, 0) is 5.41 Å². The van der Waals surface area contributed by atoms with Crippen LogP contribution in [-0.4, -0.2) is 52.8 Å². The Labute approximate surface area is 170 Å². The first kappa shape index (κ1) is 19.2. The molecule has 7 heteroatoms. The lowest BCUT2D eigenvalue weighted by molar-refractivity contribution is 0.198. The molecule has 1 aromatic carbocycles. The monoisotopic (exact) mass is 399 g/mol. The zero-order valence-electron chi connectivity index (χ0n) is 17.3. The quantitative estimate of drug-likeness (QED) is 0.664. The van der Waals surface area contributed by atoms with Crippen molar-refractivity contribution < 1.29 is 4.74 Å². The second-order valence-corrected chi connectivity index (χ2v) is 9.40. The van der Waals surface area contributed by atoms with E-state index in [1.807, 2.05) is 10.6 Å². The molecule has 0 amide bonds. The van der Waals surface area contributed by atoms with Crippen molar-refractivity contribution in [1.82, 2.24) is 19.5 Å². The number of anilines is 1. The van der Waals surface area contributed by atoms with Crippen LogP contribution in [0.5, 0.6) is 5.75 Å². The molecule has 150 valence electrons. The van der Waals surface area contributed by atoms with Crippen molar-refractivity contribution in [3.05, 3.63) is 41.7 Å². The third-order valence-corrected chi connectivity index (χ3v) is 6.49. The van der Waals surface area contributed by atoms with Crippen LogP contribution in [0.15, 0.2) is 30.5 Å². The molecular formula is C21H29N5OS. The number of rotatable bonds is 4. The Kier molecular flexibility index (Phi) is 5.05. The summed E-state index contributed by atoms with van der Waals surface area (Å²) in [5.74, 6) is 0.920. The van der Waals surface area contributed by atoms with Crippen molar-refractivity contribution in [1.29, 1.82) is 0 Å². The molecule has 0 saturated carbocycles. The molecule has 1 fully saturated rings. The van der Waals surface area contributed by atoms with Gasteiger partial charge in [-0.3, -0.25) is 4.90 Å². The zero-order valence-corrected chi connectivity index (χ0v) is 18.2. The zero-order chi connectivity index (χ0) is 19.9. The van der Waals surface area contributed by atoms with Crippen LogP contribution in [0.4, 0.5) is 5.13 Å². The summed E-state index contributed by atoms with van der Waals surface area (Å²) in [6.45, 7) is 12.8. The van der Waals surface area contributed by atoms with Crippen LogP contribution in [0.2, 0.25) is 0 Å². The van der Waals surface area contributed by atoms with E-state index in [0.29, 0.717) is 6.04 Å². The fraction of sp³-hybridized carbons (Fsp3) is 0.524. The van der Waals surface area contributed by atoms with Gasteiger partial charge in [-0.15, -0.1) is 5.10 Å². The van der Waals surface area contributed by atoms with Crippen LogP contribution >= 0.6 is 11.3 Å². The molecule has 0 aliphatic carbocycles. The average Bonchev–Trinajstić information content (AvgIpc) is 3.27. The van der Waals surface area contributed by atoms with Gasteiger partial charge in [-0.25, -0.2) is 9.50 Å². The van der Waals surface area contributed by atoms with E-state index in [-0.39, 0.29) is 5.41 Å². The normalized spacial score (nSPS) is 17.2. The number of methoxy groups -OCH3 is 1. The van der Waals surface area contributed by atoms with Crippen LogP contribution in [0, 0.1) is 0 Å². The number of hydrogen-bond donors (Lipinski definition) is 0. The maximum absolute atomic E-state index is 5.38. The largest absolute Gasteiger partial charge is 0.497 e. The number of aromatic nitrogens is 3. The Morgan fingerprint density at radius 1 is 1.14 bits per heavy atom. The molecule has 1 saturated heterocycles. The van der Waals surface area contributed by atoms with Crippen molar-refractivity contribution in [2.24, 2.45) is 0 Å². The molecule has 0 spiro atoms. The van der Waals surface area contributed by atoms with Gasteiger partial charge >= 0.3 is 0 Å². The van der Waals surface area contributed by atoms with E-state index in [0.717, 1.165) is 47.7 Å². The lowest BCUT2D eigenvalue weighted by atomic mass is 9.93. The van der Waals surface area contributed by atoms with Crippen molar-refractivity contribution in [3.8, 4) is 5.75 Å². The van der Waals surface area contributed by atoms with Crippen LogP contribution in [0.3, 0.4) is 0 Å². The number of benzene rings is 1. The molecular weight excluding hydrogens is 370 g/mol. The van der Waals surface area contributed by atoms with Crippen LogP contribution < -0.4 is 9.64 Å². The van der Waals surface area contributed by atoms with Gasteiger partial charge in [-0.1, -0.05) is 44.2 Å². The summed E-state index contributed by atoms with van der Waals surface area (Å²) >= 11 is 1.68. The summed E-state index contributed by atoms with van der Waals surface area (Å²) in [5.41, 5.74) is 2.44. The van der Waals surface area contributed by atoms with Gasteiger partial charge in [-0.2, -0.15) is 0 Å². The highest BCUT2D eigenvalue weighted by Crippen LogP contribution is 2.30. The first-order chi connectivity index (χ1) is 13.3. The number of imidazole rings is 1. The lowest BCUT2D eigenvalue weighted by Crippen LogP contribution is -2.47. The number of hydrogen-bond acceptors (Lipinski definition) is 6. The van der Waals surface area contributed by atoms with Gasteiger partial charge in [0.25, 0.3) is 0 Å². The van der Waals surface area contributed by atoms with Crippen LogP contribution in [0.1, 0.15) is 45.0 Å². The summed E-state index contributed by atoms with van der Waals surface area (Å²) in [4.78, 5) is 10.7. The Hall–Kier alpha value is -2.12. The highest BCUT2D eigenvalue weighted by molar-refractivity contribution is 7.20. The van der Waals surface area contributed by atoms with Gasteiger partial charge in [0.15, 0.2) is 0 Å². The molecule has 1 aliphatic rings. The predicted octanol–water partition coefficient (Wildman–Crippen LogP) is 3.98. The Balaban J connectivity index is 1.42. The van der Waals surface area contributed by atoms with E-state index in [4.69, 9.17) is 14.8 Å². The smallest absolute Gasteiger partial charge is 0.214 e. The minimum absolute atomic E-state index is 0.0511. The Bertz CT molecular complexity index is 918. The summed E-state index contributed by atoms with van der Waals surface area (Å²) in [6.07, 6.45) is 2.07. The second kappa shape index (κ2) is 7.37. The SMILES string of the molecule is COc1cccc(C(C)N2CCN(c3nn4cc(C(C)(C)C)nc4s3)CC2)c1. The van der Waals surface area contributed by atoms with Gasteiger partial charge in [0.05, 0.1) is 19.0 Å². The minimum Gasteiger partial charge on any atom is -0.497 e. The van der Waals surface area contributed by atoms with Crippen LogP contribution in [0.25, 0.3) is 4.96 Å². The number of ether oxygens (including phenoxy) is 1. The summed E-state index contributed by atoms with van der Waals surface area (Å²) in [6, 6.07) is 8.76. The molecule has 2 aromatic heterocycles. The molecule has 1 atom stereocenters. The molecule has 1 aliphatic heterocycles. The second-order valence-electron chi connectivity index (χ2n) is 8.46. The highest BCUT2D eigenvalue weighted by atomic mass is 32.1. The van der Waals surface area contributed by atoms with Crippen molar-refractivity contribution in [2.45, 2.75) is 39.2 Å². The van der Waals surface area contributed by atoms with Crippen molar-refractivity contribution in [3.63, 3.8) is 0 Å². The number of nitrogens with zero attached hydrogens (tertiary/aromatic N) is 5. The first-order valence-electron chi connectivity index (χ1n) is 9.85. The summed E-state index contributed by atoms with van der Waals surface area (Å²) in [5, 5.41) is 5.85. The van der Waals surface area contributed by atoms with Gasteiger partial charge in [0, 0.05) is 37.6 Å². The number of fused-ring (bicyclic) bond motifs is 1. The van der Waals surface area contributed by atoms with E-state index in [9.17, 15) is 0 Å². The Morgan fingerprint density at radius 2 is 1.89 bits per heavy atom. The fourth-order valence-electron chi connectivity index (χ4n) is 3.59. The van der Waals surface area contributed by atoms with E-state index in [1.165, 1.54) is 5.56 Å². The average molecular weight is 400 g/mol. The van der Waals surface area contributed by atoms with Crippen molar-refractivity contribution in [2.75, 3.05) is 38.2 Å². The predicted molar refractivity (Wildman–Crippen MR) is 115 cm³/mol. The standard InChI is InChI=1S/C21H29N5OS/c1-15(16-7-6-8-17(13-16)27-5)24-9-11-25(12-10-24)20-23-26-14-18(21(2,3)4)22-19(26)28-20/h6-8,13-15H,9-12H2,1-5H3. The van der Waals surface area contributed by atoms with E-state index in [2.05, 4.69) is 61.9 Å². The fourth-order valence-corrected chi connectivity index (χ4v) is 4.53. The van der Waals surface area contributed by atoms with Gasteiger partial charge in [0.1, 0.15) is 5.75 Å².